The maximum absolute atomic E-state index is 10.7. The van der Waals surface area contributed by atoms with Crippen LogP contribution < -0.4 is 5.73 Å². The number of aliphatic hydroxyl groups excluding tert-OH is 1. The lowest BCUT2D eigenvalue weighted by atomic mass is 10.1. The first kappa shape index (κ1) is 17.9. The van der Waals surface area contributed by atoms with Crippen molar-refractivity contribution in [3.63, 3.8) is 0 Å². The Labute approximate surface area is 129 Å². The number of nitrogens with two attached hydrogens (primary N) is 1. The molecule has 1 aliphatic rings. The summed E-state index contributed by atoms with van der Waals surface area (Å²) in [6, 6.07) is 10.3. The predicted octanol–water partition coefficient (Wildman–Crippen LogP) is 0.927. The normalized spacial score (nSPS) is 17.7. The summed E-state index contributed by atoms with van der Waals surface area (Å²) in [7, 11) is 0. The van der Waals surface area contributed by atoms with E-state index in [0.717, 1.165) is 19.0 Å². The van der Waals surface area contributed by atoms with Gasteiger partial charge in [-0.25, -0.2) is 4.79 Å². The molecule has 0 amide bonds. The van der Waals surface area contributed by atoms with Gasteiger partial charge in [-0.1, -0.05) is 30.3 Å². The maximum Gasteiger partial charge on any atom is 0.333 e. The molecule has 0 spiro atoms. The van der Waals surface area contributed by atoms with E-state index in [1.54, 1.807) is 6.92 Å². The lowest BCUT2D eigenvalue weighted by Gasteiger charge is -2.14. The number of cyclic esters (lactones) is 1. The molecule has 0 fully saturated rings. The van der Waals surface area contributed by atoms with Crippen LogP contribution in [0.15, 0.2) is 42.0 Å². The van der Waals surface area contributed by atoms with Crippen molar-refractivity contribution in [1.82, 2.24) is 0 Å². The number of benzene rings is 1. The van der Waals surface area contributed by atoms with Crippen molar-refractivity contribution in [3.8, 4) is 0 Å². The number of hydrogen-bond donors (Lipinski definition) is 2. The van der Waals surface area contributed by atoms with Gasteiger partial charge in [-0.3, -0.25) is 4.79 Å². The van der Waals surface area contributed by atoms with Crippen LogP contribution >= 0.6 is 0 Å². The molecule has 3 N–H and O–H groups in total. The average molecular weight is 307 g/mol. The Morgan fingerprint density at radius 3 is 2.50 bits per heavy atom. The smallest absolute Gasteiger partial charge is 0.333 e. The fourth-order valence-corrected chi connectivity index (χ4v) is 1.87. The molecule has 0 saturated carbocycles. The topological polar surface area (TPSA) is 98.9 Å². The third kappa shape index (κ3) is 6.07. The largest absolute Gasteiger partial charge is 0.458 e. The van der Waals surface area contributed by atoms with Crippen LogP contribution in [-0.4, -0.2) is 36.0 Å². The fraction of sp³-hybridized carbons (Fsp3) is 0.375. The molecule has 1 aliphatic heterocycles. The number of carbonyl (C=O) groups excluding carboxylic acids is 2. The molecule has 120 valence electrons. The van der Waals surface area contributed by atoms with Gasteiger partial charge >= 0.3 is 11.9 Å². The Kier molecular flexibility index (Phi) is 7.28. The van der Waals surface area contributed by atoms with Crippen LogP contribution in [0.25, 0.3) is 0 Å². The third-order valence-electron chi connectivity index (χ3n) is 2.89. The number of carbonyl (C=O) groups is 2. The lowest BCUT2D eigenvalue weighted by Crippen LogP contribution is -2.22. The van der Waals surface area contributed by atoms with Gasteiger partial charge in [0.05, 0.1) is 0 Å². The molecule has 1 heterocycles. The predicted molar refractivity (Wildman–Crippen MR) is 80.6 cm³/mol. The second kappa shape index (κ2) is 8.96. The Morgan fingerprint density at radius 2 is 2.05 bits per heavy atom. The first-order valence-corrected chi connectivity index (χ1v) is 6.95. The van der Waals surface area contributed by atoms with Gasteiger partial charge in [0.15, 0.2) is 0 Å². The Bertz CT molecular complexity index is 527. The number of hydrogen-bond acceptors (Lipinski definition) is 6. The van der Waals surface area contributed by atoms with Gasteiger partial charge in [0.25, 0.3) is 0 Å². The van der Waals surface area contributed by atoms with Crippen LogP contribution in [0.3, 0.4) is 0 Å². The molecular weight excluding hydrogens is 286 g/mol. The Balaban J connectivity index is 0.000000235. The molecule has 22 heavy (non-hydrogen) atoms. The van der Waals surface area contributed by atoms with Crippen molar-refractivity contribution in [2.45, 2.75) is 32.7 Å². The van der Waals surface area contributed by atoms with Crippen LogP contribution in [0, 0.1) is 0 Å². The number of ether oxygens (including phenoxy) is 2. The zero-order valence-electron chi connectivity index (χ0n) is 12.7. The van der Waals surface area contributed by atoms with E-state index in [9.17, 15) is 9.59 Å². The van der Waals surface area contributed by atoms with Crippen molar-refractivity contribution in [1.29, 1.82) is 0 Å². The highest BCUT2D eigenvalue weighted by Gasteiger charge is 2.29. The standard InChI is InChI=1S/C8H11N.C8H10O5/c9-7-6-8-4-2-1-3-5-8;1-4(12-5(2)9)6-3-7(10)13-8(6)11/h1-5H,6-7,9H2;3-4,8,11H,1-2H3. The molecule has 2 rings (SSSR count). The Morgan fingerprint density at radius 1 is 1.41 bits per heavy atom. The molecule has 6 heteroatoms. The van der Waals surface area contributed by atoms with Crippen molar-refractivity contribution < 1.29 is 24.2 Å². The summed E-state index contributed by atoms with van der Waals surface area (Å²) in [6.45, 7) is 3.55. The number of aliphatic hydroxyl groups is 1. The summed E-state index contributed by atoms with van der Waals surface area (Å²) in [5.74, 6) is -1.10. The molecule has 0 saturated heterocycles. The van der Waals surface area contributed by atoms with E-state index in [1.165, 1.54) is 12.5 Å². The van der Waals surface area contributed by atoms with E-state index in [-0.39, 0.29) is 5.57 Å². The average Bonchev–Trinajstić information content (AvgIpc) is 2.79. The summed E-state index contributed by atoms with van der Waals surface area (Å²) in [5.41, 5.74) is 6.94. The van der Waals surface area contributed by atoms with E-state index in [1.807, 2.05) is 18.2 Å². The SMILES string of the molecule is CC(=O)OC(C)C1=CC(=O)OC1O.NCCc1ccccc1. The highest BCUT2D eigenvalue weighted by molar-refractivity contribution is 5.86. The number of rotatable bonds is 4. The molecule has 2 unspecified atom stereocenters. The second-order valence-electron chi connectivity index (χ2n) is 4.71. The van der Waals surface area contributed by atoms with Gasteiger partial charge in [-0.05, 0) is 25.5 Å². The molecule has 1 aromatic rings. The fourth-order valence-electron chi connectivity index (χ4n) is 1.87. The van der Waals surface area contributed by atoms with E-state index in [2.05, 4.69) is 16.9 Å². The minimum absolute atomic E-state index is 0.264. The summed E-state index contributed by atoms with van der Waals surface area (Å²) < 4.78 is 9.16. The van der Waals surface area contributed by atoms with Crippen LogP contribution in [0.4, 0.5) is 0 Å². The van der Waals surface area contributed by atoms with Crippen molar-refractivity contribution >= 4 is 11.9 Å². The summed E-state index contributed by atoms with van der Waals surface area (Å²) in [4.78, 5) is 21.2. The lowest BCUT2D eigenvalue weighted by molar-refractivity contribution is -0.153. The van der Waals surface area contributed by atoms with Crippen LogP contribution in [0.5, 0.6) is 0 Å². The van der Waals surface area contributed by atoms with Gasteiger partial charge < -0.3 is 20.3 Å². The highest BCUT2D eigenvalue weighted by atomic mass is 16.6. The zero-order chi connectivity index (χ0) is 16.5. The minimum Gasteiger partial charge on any atom is -0.458 e. The van der Waals surface area contributed by atoms with Gasteiger partial charge in [0.2, 0.25) is 6.29 Å². The zero-order valence-corrected chi connectivity index (χ0v) is 12.7. The van der Waals surface area contributed by atoms with Gasteiger partial charge in [0, 0.05) is 18.6 Å². The van der Waals surface area contributed by atoms with Crippen LogP contribution in [0.2, 0.25) is 0 Å². The quantitative estimate of drug-likeness (QED) is 0.803. The van der Waals surface area contributed by atoms with E-state index in [4.69, 9.17) is 15.6 Å². The third-order valence-corrected chi connectivity index (χ3v) is 2.89. The van der Waals surface area contributed by atoms with Gasteiger partial charge in [0.1, 0.15) is 6.10 Å². The van der Waals surface area contributed by atoms with Crippen LogP contribution in [0.1, 0.15) is 19.4 Å². The van der Waals surface area contributed by atoms with Crippen molar-refractivity contribution in [2.24, 2.45) is 5.73 Å². The summed E-state index contributed by atoms with van der Waals surface area (Å²) in [6.07, 6.45) is 0.180. The maximum atomic E-state index is 10.7. The van der Waals surface area contributed by atoms with Crippen molar-refractivity contribution in [3.05, 3.63) is 47.5 Å². The summed E-state index contributed by atoms with van der Waals surface area (Å²) in [5, 5.41) is 9.14. The monoisotopic (exact) mass is 307 g/mol. The van der Waals surface area contributed by atoms with E-state index >= 15 is 0 Å². The minimum atomic E-state index is -1.29. The first-order chi connectivity index (χ1) is 10.4. The van der Waals surface area contributed by atoms with E-state index < -0.39 is 24.3 Å². The molecule has 1 aromatic carbocycles. The van der Waals surface area contributed by atoms with Crippen LogP contribution in [-0.2, 0) is 25.5 Å². The molecule has 0 aliphatic carbocycles. The first-order valence-electron chi connectivity index (χ1n) is 6.95. The highest BCUT2D eigenvalue weighted by Crippen LogP contribution is 2.18. The van der Waals surface area contributed by atoms with Crippen molar-refractivity contribution in [2.75, 3.05) is 6.54 Å². The molecule has 0 bridgehead atoms. The van der Waals surface area contributed by atoms with Gasteiger partial charge in [-0.2, -0.15) is 0 Å². The van der Waals surface area contributed by atoms with Gasteiger partial charge in [-0.15, -0.1) is 0 Å². The summed E-state index contributed by atoms with van der Waals surface area (Å²) >= 11 is 0. The Hall–Kier alpha value is -2.18. The molecule has 6 nitrogen and oxygen atoms in total. The second-order valence-corrected chi connectivity index (χ2v) is 4.71. The molecular formula is C16H21NO5. The molecule has 2 atom stereocenters. The molecule has 0 aromatic heterocycles. The van der Waals surface area contributed by atoms with E-state index in [0.29, 0.717) is 0 Å². The number of esters is 2. The molecule has 0 radical (unpaired) electrons.